The van der Waals surface area contributed by atoms with Crippen molar-refractivity contribution in [1.29, 1.82) is 0 Å². The van der Waals surface area contributed by atoms with Crippen LogP contribution in [-0.4, -0.2) is 16.6 Å². The van der Waals surface area contributed by atoms with Crippen molar-refractivity contribution in [3.63, 3.8) is 0 Å². The largest absolute Gasteiger partial charge is 0.369 e. The molecule has 0 aliphatic carbocycles. The summed E-state index contributed by atoms with van der Waals surface area (Å²) in [7, 11) is 0. The van der Waals surface area contributed by atoms with Gasteiger partial charge in [0.05, 0.1) is 12.0 Å². The van der Waals surface area contributed by atoms with Crippen molar-refractivity contribution in [2.45, 2.75) is 6.61 Å². The number of thiophene rings is 2. The highest BCUT2D eigenvalue weighted by atomic mass is 35.5. The van der Waals surface area contributed by atoms with Gasteiger partial charge in [-0.2, -0.15) is 0 Å². The number of aromatic nitrogens is 2. The van der Waals surface area contributed by atoms with Crippen LogP contribution < -0.4 is 0 Å². The molecule has 102 valence electrons. The molecule has 0 radical (unpaired) electrons. The Hall–Kier alpha value is -1.27. The summed E-state index contributed by atoms with van der Waals surface area (Å²) < 4.78 is 5.36. The minimum atomic E-state index is 0.341. The summed E-state index contributed by atoms with van der Waals surface area (Å²) in [4.78, 5) is 10.9. The van der Waals surface area contributed by atoms with E-state index in [0.29, 0.717) is 24.2 Å². The van der Waals surface area contributed by atoms with Gasteiger partial charge in [-0.15, -0.1) is 29.3 Å². The molecule has 0 aromatic carbocycles. The van der Waals surface area contributed by atoms with E-state index in [4.69, 9.17) is 16.3 Å². The van der Waals surface area contributed by atoms with E-state index >= 15 is 0 Å². The molecule has 3 rings (SSSR count). The van der Waals surface area contributed by atoms with E-state index in [-0.39, 0.29) is 0 Å². The molecular formula is C14H11ClN2OS2. The molecule has 0 amide bonds. The van der Waals surface area contributed by atoms with E-state index in [1.54, 1.807) is 28.7 Å². The smallest absolute Gasteiger partial charge is 0.157 e. The minimum Gasteiger partial charge on any atom is -0.369 e. The molecule has 0 aliphatic heterocycles. The van der Waals surface area contributed by atoms with Crippen molar-refractivity contribution in [3.05, 3.63) is 46.5 Å². The van der Waals surface area contributed by atoms with Crippen LogP contribution in [-0.2, 0) is 11.3 Å². The SMILES string of the molecule is C=CCOCc1nc(Cl)c2c(-c3cccs3)csc2n1. The van der Waals surface area contributed by atoms with E-state index in [2.05, 4.69) is 28.0 Å². The monoisotopic (exact) mass is 322 g/mol. The molecule has 20 heavy (non-hydrogen) atoms. The van der Waals surface area contributed by atoms with Crippen molar-refractivity contribution in [2.24, 2.45) is 0 Å². The first-order chi connectivity index (χ1) is 9.79. The van der Waals surface area contributed by atoms with Gasteiger partial charge in [-0.05, 0) is 11.4 Å². The average molecular weight is 323 g/mol. The molecule has 0 N–H and O–H groups in total. The molecule has 3 nitrogen and oxygen atoms in total. The highest BCUT2D eigenvalue weighted by Crippen LogP contribution is 2.38. The highest BCUT2D eigenvalue weighted by molar-refractivity contribution is 7.18. The Morgan fingerprint density at radius 1 is 1.35 bits per heavy atom. The molecule has 6 heteroatoms. The van der Waals surface area contributed by atoms with E-state index in [9.17, 15) is 0 Å². The second-order valence-electron chi connectivity index (χ2n) is 4.04. The Bertz CT molecular complexity index is 737. The zero-order valence-corrected chi connectivity index (χ0v) is 12.9. The maximum atomic E-state index is 6.32. The van der Waals surface area contributed by atoms with Gasteiger partial charge in [0.15, 0.2) is 5.82 Å². The Balaban J connectivity index is 2.00. The van der Waals surface area contributed by atoms with Crippen LogP contribution in [0.25, 0.3) is 20.7 Å². The first-order valence-corrected chi connectivity index (χ1v) is 8.09. The third-order valence-electron chi connectivity index (χ3n) is 2.69. The molecule has 0 atom stereocenters. The van der Waals surface area contributed by atoms with E-state index in [0.717, 1.165) is 15.8 Å². The number of halogens is 1. The Kier molecular flexibility index (Phi) is 4.12. The summed E-state index contributed by atoms with van der Waals surface area (Å²) in [5.74, 6) is 0.601. The van der Waals surface area contributed by atoms with Gasteiger partial charge in [0.1, 0.15) is 16.6 Å². The van der Waals surface area contributed by atoms with Crippen LogP contribution in [0.15, 0.2) is 35.5 Å². The van der Waals surface area contributed by atoms with Crippen LogP contribution in [0.2, 0.25) is 5.15 Å². The van der Waals surface area contributed by atoms with Gasteiger partial charge in [-0.25, -0.2) is 9.97 Å². The normalized spacial score (nSPS) is 11.1. The minimum absolute atomic E-state index is 0.341. The lowest BCUT2D eigenvalue weighted by molar-refractivity contribution is 0.143. The first-order valence-electron chi connectivity index (χ1n) is 5.95. The van der Waals surface area contributed by atoms with Crippen LogP contribution in [0, 0.1) is 0 Å². The number of ether oxygens (including phenoxy) is 1. The van der Waals surface area contributed by atoms with Crippen molar-refractivity contribution < 1.29 is 4.74 Å². The van der Waals surface area contributed by atoms with Crippen LogP contribution >= 0.6 is 34.3 Å². The van der Waals surface area contributed by atoms with Crippen LogP contribution in [0.4, 0.5) is 0 Å². The number of nitrogens with zero attached hydrogens (tertiary/aromatic N) is 2. The third-order valence-corrected chi connectivity index (χ3v) is 4.74. The fourth-order valence-electron chi connectivity index (χ4n) is 1.85. The fourth-order valence-corrected chi connectivity index (χ4v) is 3.98. The standard InChI is InChI=1S/C14H11ClN2OS2/c1-2-5-18-7-11-16-13(15)12-9(8-20-14(12)17-11)10-4-3-6-19-10/h2-4,6,8H,1,5,7H2. The maximum Gasteiger partial charge on any atom is 0.157 e. The third kappa shape index (κ3) is 2.62. The second kappa shape index (κ2) is 6.01. The molecule has 0 saturated heterocycles. The molecule has 0 spiro atoms. The summed E-state index contributed by atoms with van der Waals surface area (Å²) in [6.07, 6.45) is 1.69. The van der Waals surface area contributed by atoms with Crippen molar-refractivity contribution >= 4 is 44.5 Å². The zero-order valence-electron chi connectivity index (χ0n) is 10.5. The number of hydrogen-bond donors (Lipinski definition) is 0. The molecule has 3 aromatic heterocycles. The number of hydrogen-bond acceptors (Lipinski definition) is 5. The van der Waals surface area contributed by atoms with Gasteiger partial charge in [-0.1, -0.05) is 23.7 Å². The summed E-state index contributed by atoms with van der Waals surface area (Å²) in [6, 6.07) is 4.10. The molecule has 3 heterocycles. The van der Waals surface area contributed by atoms with Gasteiger partial charge in [0.2, 0.25) is 0 Å². The topological polar surface area (TPSA) is 35.0 Å². The molecule has 0 saturated carbocycles. The molecule has 0 aliphatic rings. The van der Waals surface area contributed by atoms with Crippen molar-refractivity contribution in [1.82, 2.24) is 9.97 Å². The van der Waals surface area contributed by atoms with Gasteiger partial charge < -0.3 is 4.74 Å². The lowest BCUT2D eigenvalue weighted by atomic mass is 10.2. The summed E-state index contributed by atoms with van der Waals surface area (Å²) in [5.41, 5.74) is 1.10. The molecule has 0 bridgehead atoms. The summed E-state index contributed by atoms with van der Waals surface area (Å²) in [6.45, 7) is 4.42. The fraction of sp³-hybridized carbons (Fsp3) is 0.143. The van der Waals surface area contributed by atoms with Crippen LogP contribution in [0.5, 0.6) is 0 Å². The van der Waals surface area contributed by atoms with E-state index in [1.807, 2.05) is 11.4 Å². The zero-order chi connectivity index (χ0) is 13.9. The second-order valence-corrected chi connectivity index (χ2v) is 6.21. The van der Waals surface area contributed by atoms with Gasteiger partial charge in [0, 0.05) is 15.8 Å². The highest BCUT2D eigenvalue weighted by Gasteiger charge is 2.14. The van der Waals surface area contributed by atoms with Gasteiger partial charge in [0.25, 0.3) is 0 Å². The summed E-state index contributed by atoms with van der Waals surface area (Å²) >= 11 is 9.58. The Morgan fingerprint density at radius 2 is 2.25 bits per heavy atom. The average Bonchev–Trinajstić information content (AvgIpc) is 3.07. The van der Waals surface area contributed by atoms with E-state index in [1.165, 1.54) is 4.88 Å². The van der Waals surface area contributed by atoms with Gasteiger partial charge in [-0.3, -0.25) is 0 Å². The predicted octanol–water partition coefficient (Wildman–Crippen LogP) is 4.78. The van der Waals surface area contributed by atoms with Gasteiger partial charge >= 0.3 is 0 Å². The predicted molar refractivity (Wildman–Crippen MR) is 85.6 cm³/mol. The van der Waals surface area contributed by atoms with Crippen molar-refractivity contribution in [2.75, 3.05) is 6.61 Å². The molecule has 0 fully saturated rings. The summed E-state index contributed by atoms with van der Waals surface area (Å²) in [5, 5.41) is 5.53. The Labute approximate surface area is 129 Å². The molecular weight excluding hydrogens is 312 g/mol. The Morgan fingerprint density at radius 3 is 3.00 bits per heavy atom. The first kappa shape index (κ1) is 13.7. The quantitative estimate of drug-likeness (QED) is 0.385. The molecule has 0 unspecified atom stereocenters. The molecule has 3 aromatic rings. The number of fused-ring (bicyclic) bond motifs is 1. The van der Waals surface area contributed by atoms with E-state index < -0.39 is 0 Å². The number of rotatable bonds is 5. The van der Waals surface area contributed by atoms with Crippen molar-refractivity contribution in [3.8, 4) is 10.4 Å². The van der Waals surface area contributed by atoms with Crippen LogP contribution in [0.3, 0.4) is 0 Å². The maximum absolute atomic E-state index is 6.32. The van der Waals surface area contributed by atoms with Crippen LogP contribution in [0.1, 0.15) is 5.82 Å². The lowest BCUT2D eigenvalue weighted by Crippen LogP contribution is -1.99. The lowest BCUT2D eigenvalue weighted by Gasteiger charge is -2.03.